The molecule has 0 bridgehead atoms. The number of amides is 2. The monoisotopic (exact) mass is 528 g/mol. The van der Waals surface area contributed by atoms with Crippen molar-refractivity contribution in [1.29, 1.82) is 0 Å². The van der Waals surface area contributed by atoms with Crippen molar-refractivity contribution >= 4 is 45.8 Å². The molecule has 0 atom stereocenters. The van der Waals surface area contributed by atoms with Crippen molar-refractivity contribution in [3.05, 3.63) is 83.1 Å². The van der Waals surface area contributed by atoms with Crippen LogP contribution in [0.2, 0.25) is 0 Å². The molecule has 3 N–H and O–H groups in total. The lowest BCUT2D eigenvalue weighted by atomic mass is 10.1. The van der Waals surface area contributed by atoms with E-state index in [0.29, 0.717) is 27.6 Å². The number of anilines is 2. The molecule has 0 aliphatic carbocycles. The number of H-pyrrole nitrogens is 1. The molecule has 5 aromatic rings. The van der Waals surface area contributed by atoms with E-state index in [9.17, 15) is 14.7 Å². The van der Waals surface area contributed by atoms with Crippen LogP contribution < -0.4 is 10.2 Å². The number of aryl methyl sites for hydroxylation is 1. The number of aromatic nitrogens is 4. The number of fused-ring (bicyclic) bond motifs is 1. The van der Waals surface area contributed by atoms with Crippen LogP contribution in [0.25, 0.3) is 21.6 Å². The summed E-state index contributed by atoms with van der Waals surface area (Å²) in [6.45, 7) is 5.48. The van der Waals surface area contributed by atoms with Crippen LogP contribution >= 0.6 is 11.3 Å². The predicted octanol–water partition coefficient (Wildman–Crippen LogP) is 5.10. The third-order valence-corrected chi connectivity index (χ3v) is 7.13. The zero-order valence-electron chi connectivity index (χ0n) is 21.5. The molecule has 10 heteroatoms. The van der Waals surface area contributed by atoms with Gasteiger partial charge in [0, 0.05) is 18.3 Å². The molecule has 0 spiro atoms. The van der Waals surface area contributed by atoms with Crippen molar-refractivity contribution in [3.63, 3.8) is 0 Å². The van der Waals surface area contributed by atoms with Gasteiger partial charge in [-0.2, -0.15) is 0 Å². The second-order valence-corrected chi connectivity index (χ2v) is 10.8. The molecule has 0 saturated carbocycles. The Balaban J connectivity index is 1.46. The molecule has 0 radical (unpaired) electrons. The minimum absolute atomic E-state index is 0.143. The number of imidazole rings is 2. The lowest BCUT2D eigenvalue weighted by Crippen LogP contribution is -2.27. The Morgan fingerprint density at radius 3 is 2.58 bits per heavy atom. The van der Waals surface area contributed by atoms with E-state index in [4.69, 9.17) is 0 Å². The molecule has 0 saturated heterocycles. The normalized spacial score (nSPS) is 11.6. The van der Waals surface area contributed by atoms with Gasteiger partial charge in [-0.1, -0.05) is 18.2 Å². The topological polar surface area (TPSA) is 116 Å². The zero-order valence-corrected chi connectivity index (χ0v) is 22.3. The molecule has 0 fully saturated rings. The molecule has 9 nitrogen and oxygen atoms in total. The van der Waals surface area contributed by atoms with Crippen LogP contribution in [0.4, 0.5) is 11.6 Å². The summed E-state index contributed by atoms with van der Waals surface area (Å²) in [4.78, 5) is 41.2. The highest BCUT2D eigenvalue weighted by Crippen LogP contribution is 2.30. The minimum atomic E-state index is -1.06. The summed E-state index contributed by atoms with van der Waals surface area (Å²) in [6, 6.07) is 18.2. The molecule has 0 aliphatic rings. The maximum atomic E-state index is 13.2. The molecule has 3 heterocycles. The number of aliphatic hydroxyl groups is 1. The molecule has 5 rings (SSSR count). The van der Waals surface area contributed by atoms with E-state index < -0.39 is 5.60 Å². The summed E-state index contributed by atoms with van der Waals surface area (Å²) >= 11 is 1.35. The van der Waals surface area contributed by atoms with Crippen LogP contribution in [0.1, 0.15) is 39.7 Å². The molecule has 38 heavy (non-hydrogen) atoms. The third kappa shape index (κ3) is 5.22. The number of benzene rings is 2. The summed E-state index contributed by atoms with van der Waals surface area (Å²) < 4.78 is 1.78. The second kappa shape index (κ2) is 9.88. The van der Waals surface area contributed by atoms with E-state index in [1.807, 2.05) is 43.3 Å². The smallest absolute Gasteiger partial charge is 0.268 e. The zero-order chi connectivity index (χ0) is 27.0. The van der Waals surface area contributed by atoms with Crippen molar-refractivity contribution in [3.8, 4) is 10.6 Å². The standard InChI is InChI=1S/C28H28N6O3S/c1-17-29-15-21(30-17)23-12-13-24(38-23)25(35)32-27-31-20-14-19(10-11-22(20)34(27)16-28(2,3)37)33(4)26(36)18-8-6-5-7-9-18/h5-15,37H,16H2,1-4H3,(H,29,30)(H,31,32,35). The first kappa shape index (κ1) is 25.4. The Morgan fingerprint density at radius 1 is 1.13 bits per heavy atom. The molecule has 2 aromatic carbocycles. The van der Waals surface area contributed by atoms with Gasteiger partial charge in [-0.05, 0) is 63.2 Å². The van der Waals surface area contributed by atoms with Crippen LogP contribution in [0, 0.1) is 6.92 Å². The van der Waals surface area contributed by atoms with Crippen molar-refractivity contribution in [1.82, 2.24) is 19.5 Å². The van der Waals surface area contributed by atoms with E-state index in [-0.39, 0.29) is 18.4 Å². The van der Waals surface area contributed by atoms with Gasteiger partial charge in [0.25, 0.3) is 11.8 Å². The highest BCUT2D eigenvalue weighted by molar-refractivity contribution is 7.17. The van der Waals surface area contributed by atoms with Gasteiger partial charge in [0.2, 0.25) is 5.95 Å². The molecule has 2 amide bonds. The molecular weight excluding hydrogens is 500 g/mol. The van der Waals surface area contributed by atoms with E-state index in [1.165, 1.54) is 11.3 Å². The number of carbonyl (C=O) groups is 2. The average molecular weight is 529 g/mol. The summed E-state index contributed by atoms with van der Waals surface area (Å²) in [5, 5.41) is 13.5. The highest BCUT2D eigenvalue weighted by atomic mass is 32.1. The quantitative estimate of drug-likeness (QED) is 0.272. The Morgan fingerprint density at radius 2 is 1.89 bits per heavy atom. The van der Waals surface area contributed by atoms with Gasteiger partial charge in [-0.25, -0.2) is 9.97 Å². The van der Waals surface area contributed by atoms with E-state index in [1.54, 1.807) is 60.8 Å². The highest BCUT2D eigenvalue weighted by Gasteiger charge is 2.23. The molecular formula is C28H28N6O3S. The lowest BCUT2D eigenvalue weighted by Gasteiger charge is -2.20. The average Bonchev–Trinajstić information content (AvgIpc) is 3.62. The predicted molar refractivity (Wildman–Crippen MR) is 150 cm³/mol. The number of hydrogen-bond acceptors (Lipinski definition) is 6. The number of nitrogens with one attached hydrogen (secondary N) is 2. The van der Waals surface area contributed by atoms with E-state index >= 15 is 0 Å². The van der Waals surface area contributed by atoms with Gasteiger partial charge < -0.3 is 19.6 Å². The van der Waals surface area contributed by atoms with Gasteiger partial charge in [-0.3, -0.25) is 14.9 Å². The third-order valence-electron chi connectivity index (χ3n) is 6.01. The van der Waals surface area contributed by atoms with Crippen LogP contribution in [0.5, 0.6) is 0 Å². The van der Waals surface area contributed by atoms with Crippen molar-refractivity contribution in [2.45, 2.75) is 32.9 Å². The largest absolute Gasteiger partial charge is 0.389 e. The van der Waals surface area contributed by atoms with E-state index in [2.05, 4.69) is 20.3 Å². The summed E-state index contributed by atoms with van der Waals surface area (Å²) in [6.07, 6.45) is 1.74. The van der Waals surface area contributed by atoms with Gasteiger partial charge in [0.05, 0.1) is 44.8 Å². The Bertz CT molecular complexity index is 1630. The molecule has 3 aromatic heterocycles. The Kier molecular flexibility index (Phi) is 6.60. The van der Waals surface area contributed by atoms with E-state index in [0.717, 1.165) is 21.9 Å². The molecule has 0 unspecified atom stereocenters. The van der Waals surface area contributed by atoms with Gasteiger partial charge >= 0.3 is 0 Å². The first-order valence-electron chi connectivity index (χ1n) is 12.1. The van der Waals surface area contributed by atoms with Crippen LogP contribution in [0.15, 0.2) is 66.9 Å². The SMILES string of the molecule is Cc1ncc(-c2ccc(C(=O)Nc3nc4cc(N(C)C(=O)c5ccccc5)ccc4n3CC(C)(C)O)s2)[nH]1. The fourth-order valence-electron chi connectivity index (χ4n) is 4.17. The van der Waals surface area contributed by atoms with Crippen molar-refractivity contribution < 1.29 is 14.7 Å². The first-order chi connectivity index (χ1) is 18.1. The number of rotatable bonds is 7. The fraction of sp³-hybridized carbons (Fsp3) is 0.214. The Labute approximate surface area is 223 Å². The first-order valence-corrected chi connectivity index (χ1v) is 12.9. The Hall–Kier alpha value is -4.28. The fourth-order valence-corrected chi connectivity index (χ4v) is 5.04. The van der Waals surface area contributed by atoms with Gasteiger partial charge in [0.15, 0.2) is 0 Å². The van der Waals surface area contributed by atoms with Crippen LogP contribution in [0.3, 0.4) is 0 Å². The number of nitrogens with zero attached hydrogens (tertiary/aromatic N) is 4. The maximum Gasteiger partial charge on any atom is 0.268 e. The number of thiophene rings is 1. The maximum absolute atomic E-state index is 13.2. The van der Waals surface area contributed by atoms with Gasteiger partial charge in [-0.15, -0.1) is 11.3 Å². The van der Waals surface area contributed by atoms with Crippen molar-refractivity contribution in [2.24, 2.45) is 0 Å². The number of hydrogen-bond donors (Lipinski definition) is 3. The lowest BCUT2D eigenvalue weighted by molar-refractivity contribution is 0.0630. The minimum Gasteiger partial charge on any atom is -0.389 e. The van der Waals surface area contributed by atoms with Crippen molar-refractivity contribution in [2.75, 3.05) is 17.3 Å². The van der Waals surface area contributed by atoms with Crippen LogP contribution in [-0.2, 0) is 6.54 Å². The van der Waals surface area contributed by atoms with Gasteiger partial charge in [0.1, 0.15) is 5.82 Å². The number of carbonyl (C=O) groups excluding carboxylic acids is 2. The second-order valence-electron chi connectivity index (χ2n) is 9.74. The summed E-state index contributed by atoms with van der Waals surface area (Å²) in [5.41, 5.74) is 2.36. The summed E-state index contributed by atoms with van der Waals surface area (Å²) in [5.74, 6) is 0.667. The number of aromatic amines is 1. The summed E-state index contributed by atoms with van der Waals surface area (Å²) in [7, 11) is 1.71. The molecule has 194 valence electrons. The van der Waals surface area contributed by atoms with Crippen LogP contribution in [-0.4, -0.2) is 49.1 Å². The molecule has 0 aliphatic heterocycles.